The number of carbonyl (C=O) groups is 2. The molecule has 16 heavy (non-hydrogen) atoms. The van der Waals surface area contributed by atoms with E-state index in [4.69, 9.17) is 9.15 Å². The largest absolute Gasteiger partial charge is 0.463 e. The van der Waals surface area contributed by atoms with Gasteiger partial charge in [0.05, 0.1) is 17.5 Å². The topological polar surface area (TPSA) is 61.4 Å². The van der Waals surface area contributed by atoms with Gasteiger partial charge in [-0.1, -0.05) is 0 Å². The van der Waals surface area contributed by atoms with E-state index >= 15 is 0 Å². The molecule has 0 aliphatic carbocycles. The van der Waals surface area contributed by atoms with Gasteiger partial charge in [0.1, 0.15) is 0 Å². The van der Waals surface area contributed by atoms with Gasteiger partial charge in [0.2, 0.25) is 0 Å². The minimum atomic E-state index is -0.389. The zero-order chi connectivity index (χ0) is 11.7. The lowest BCUT2D eigenvalue weighted by molar-refractivity contribution is -0.144. The average molecular weight is 221 g/mol. The molecule has 0 fully saturated rings. The summed E-state index contributed by atoms with van der Waals surface area (Å²) in [5.41, 5.74) is 1.82. The monoisotopic (exact) mass is 221 g/mol. The number of rotatable bonds is 3. The molecule has 0 aromatic carbocycles. The number of carbonyl (C=O) groups excluding carboxylic acids is 2. The maximum atomic E-state index is 11.4. The van der Waals surface area contributed by atoms with Crippen molar-refractivity contribution in [3.8, 4) is 0 Å². The van der Waals surface area contributed by atoms with Crippen LogP contribution in [0.3, 0.4) is 0 Å². The Kier molecular flexibility index (Phi) is 2.52. The van der Waals surface area contributed by atoms with Crippen LogP contribution in [0.15, 0.2) is 22.8 Å². The number of Topliss-reactive ketones (excluding diaryl/α,β-unsaturated/α-hetero) is 1. The highest BCUT2D eigenvalue weighted by molar-refractivity contribution is 5.97. The lowest BCUT2D eigenvalue weighted by Gasteiger charge is -2.07. The van der Waals surface area contributed by atoms with E-state index in [2.05, 4.69) is 0 Å². The number of aromatic nitrogens is 1. The third-order valence-electron chi connectivity index (χ3n) is 2.28. The smallest absolute Gasteiger partial charge is 0.304 e. The van der Waals surface area contributed by atoms with Gasteiger partial charge >= 0.3 is 5.97 Å². The summed E-state index contributed by atoms with van der Waals surface area (Å²) in [6.07, 6.45) is 1.53. The first kappa shape index (κ1) is 10.5. The first-order valence-electron chi connectivity index (χ1n) is 4.80. The Balaban J connectivity index is 2.44. The van der Waals surface area contributed by atoms with Crippen molar-refractivity contribution >= 4 is 22.9 Å². The maximum Gasteiger partial charge on any atom is 0.304 e. The number of hydrogen-bond acceptors (Lipinski definition) is 4. The molecule has 0 N–H and O–H groups in total. The molecule has 2 aromatic rings. The normalized spacial score (nSPS) is 10.6. The second-order valence-corrected chi connectivity index (χ2v) is 3.45. The lowest BCUT2D eigenvalue weighted by Crippen LogP contribution is -2.11. The summed E-state index contributed by atoms with van der Waals surface area (Å²) in [7, 11) is 0. The van der Waals surface area contributed by atoms with Gasteiger partial charge in [-0.25, -0.2) is 0 Å². The summed E-state index contributed by atoms with van der Waals surface area (Å²) in [5, 5.41) is 0. The summed E-state index contributed by atoms with van der Waals surface area (Å²) in [6.45, 7) is 2.80. The molecule has 5 nitrogen and oxygen atoms in total. The van der Waals surface area contributed by atoms with Crippen molar-refractivity contribution in [2.75, 3.05) is 0 Å². The van der Waals surface area contributed by atoms with Gasteiger partial charge in [-0.05, 0) is 0 Å². The van der Waals surface area contributed by atoms with Crippen LogP contribution in [-0.2, 0) is 16.3 Å². The number of esters is 1. The molecule has 0 saturated heterocycles. The fourth-order valence-corrected chi connectivity index (χ4v) is 1.56. The molecule has 0 radical (unpaired) electrons. The molecule has 0 aliphatic rings. The summed E-state index contributed by atoms with van der Waals surface area (Å²) in [5.74, 6) is -0.488. The van der Waals surface area contributed by atoms with Crippen LogP contribution in [-0.4, -0.2) is 16.3 Å². The van der Waals surface area contributed by atoms with Crippen molar-refractivity contribution in [1.29, 1.82) is 0 Å². The van der Waals surface area contributed by atoms with E-state index in [1.807, 2.05) is 0 Å². The Morgan fingerprint density at radius 3 is 2.81 bits per heavy atom. The van der Waals surface area contributed by atoms with Crippen molar-refractivity contribution in [3.05, 3.63) is 24.1 Å². The van der Waals surface area contributed by atoms with Crippen LogP contribution in [0.1, 0.15) is 24.3 Å². The Bertz CT molecular complexity index is 549. The van der Waals surface area contributed by atoms with Crippen LogP contribution in [0.2, 0.25) is 0 Å². The second kappa shape index (κ2) is 3.84. The third-order valence-corrected chi connectivity index (χ3v) is 2.28. The zero-order valence-corrected chi connectivity index (χ0v) is 9.02. The van der Waals surface area contributed by atoms with E-state index in [-0.39, 0.29) is 18.5 Å². The molecule has 84 valence electrons. The van der Waals surface area contributed by atoms with Gasteiger partial charge in [0.25, 0.3) is 0 Å². The molecule has 0 amide bonds. The van der Waals surface area contributed by atoms with E-state index < -0.39 is 0 Å². The summed E-state index contributed by atoms with van der Waals surface area (Å²) in [6, 6.07) is 3.37. The Labute approximate surface area is 91.6 Å². The Morgan fingerprint density at radius 1 is 1.44 bits per heavy atom. The summed E-state index contributed by atoms with van der Waals surface area (Å²) in [4.78, 5) is 22.1. The van der Waals surface area contributed by atoms with Crippen LogP contribution in [0, 0.1) is 0 Å². The fourth-order valence-electron chi connectivity index (χ4n) is 1.56. The quantitative estimate of drug-likeness (QED) is 0.587. The number of ketones is 1. The Morgan fingerprint density at radius 2 is 2.19 bits per heavy atom. The molecule has 0 unspecified atom stereocenters. The lowest BCUT2D eigenvalue weighted by atomic mass is 10.3. The molecule has 2 heterocycles. The first-order chi connectivity index (χ1) is 7.59. The van der Waals surface area contributed by atoms with Crippen molar-refractivity contribution in [3.63, 3.8) is 0 Å². The first-order valence-corrected chi connectivity index (χ1v) is 4.80. The Hall–Kier alpha value is -2.04. The molecular formula is C11H11NO4. The molecule has 0 atom stereocenters. The zero-order valence-electron chi connectivity index (χ0n) is 9.02. The fraction of sp³-hybridized carbons (Fsp3) is 0.273. The van der Waals surface area contributed by atoms with Crippen LogP contribution in [0.4, 0.5) is 0 Å². The van der Waals surface area contributed by atoms with Gasteiger partial charge in [-0.2, -0.15) is 0 Å². The number of hydrogen-bond donors (Lipinski definition) is 0. The van der Waals surface area contributed by atoms with Gasteiger partial charge in [0.15, 0.2) is 18.1 Å². The standard InChI is InChI=1S/C11H11NO4/c1-7(13)10-5-11-9(3-4-15-11)12(10)6-16-8(2)14/h3-5H,6H2,1-2H3. The highest BCUT2D eigenvalue weighted by atomic mass is 16.5. The third kappa shape index (κ3) is 1.71. The molecule has 0 aliphatic heterocycles. The van der Waals surface area contributed by atoms with Crippen molar-refractivity contribution in [2.45, 2.75) is 20.6 Å². The van der Waals surface area contributed by atoms with E-state index in [9.17, 15) is 9.59 Å². The highest BCUT2D eigenvalue weighted by Crippen LogP contribution is 2.21. The number of furan rings is 1. The number of fused-ring (bicyclic) bond motifs is 1. The van der Waals surface area contributed by atoms with E-state index in [1.54, 1.807) is 16.7 Å². The van der Waals surface area contributed by atoms with E-state index in [1.165, 1.54) is 20.1 Å². The molecule has 0 spiro atoms. The van der Waals surface area contributed by atoms with Crippen LogP contribution in [0.5, 0.6) is 0 Å². The molecule has 0 bridgehead atoms. The van der Waals surface area contributed by atoms with Gasteiger partial charge < -0.3 is 13.7 Å². The predicted molar refractivity (Wildman–Crippen MR) is 56.0 cm³/mol. The van der Waals surface area contributed by atoms with Crippen LogP contribution >= 0.6 is 0 Å². The minimum Gasteiger partial charge on any atom is -0.463 e. The summed E-state index contributed by atoms with van der Waals surface area (Å²) < 4.78 is 11.7. The van der Waals surface area contributed by atoms with E-state index in [0.717, 1.165) is 5.52 Å². The molecule has 5 heteroatoms. The van der Waals surface area contributed by atoms with Crippen molar-refractivity contribution in [2.24, 2.45) is 0 Å². The molecule has 0 saturated carbocycles. The van der Waals surface area contributed by atoms with E-state index in [0.29, 0.717) is 11.3 Å². The SMILES string of the molecule is CC(=O)OCn1c(C(C)=O)cc2occc21. The van der Waals surface area contributed by atoms with Crippen LogP contribution < -0.4 is 0 Å². The number of ether oxygens (including phenoxy) is 1. The second-order valence-electron chi connectivity index (χ2n) is 3.45. The van der Waals surface area contributed by atoms with Gasteiger partial charge in [-0.3, -0.25) is 9.59 Å². The van der Waals surface area contributed by atoms with Crippen LogP contribution in [0.25, 0.3) is 11.1 Å². The van der Waals surface area contributed by atoms with Gasteiger partial charge in [-0.15, -0.1) is 0 Å². The highest BCUT2D eigenvalue weighted by Gasteiger charge is 2.14. The predicted octanol–water partition coefficient (Wildman–Crippen LogP) is 1.96. The minimum absolute atomic E-state index is 0.0211. The molecule has 2 rings (SSSR count). The van der Waals surface area contributed by atoms with Crippen molar-refractivity contribution in [1.82, 2.24) is 4.57 Å². The average Bonchev–Trinajstić information content (AvgIpc) is 2.73. The van der Waals surface area contributed by atoms with Crippen molar-refractivity contribution < 1.29 is 18.7 Å². The molecule has 2 aromatic heterocycles. The summed E-state index contributed by atoms with van der Waals surface area (Å²) >= 11 is 0. The maximum absolute atomic E-state index is 11.4. The number of nitrogens with zero attached hydrogens (tertiary/aromatic N) is 1. The molecular weight excluding hydrogens is 210 g/mol. The van der Waals surface area contributed by atoms with Gasteiger partial charge in [0, 0.05) is 26.0 Å².